The van der Waals surface area contributed by atoms with E-state index in [-0.39, 0.29) is 17.7 Å². The highest BCUT2D eigenvalue weighted by atomic mass is 32.1. The van der Waals surface area contributed by atoms with E-state index in [0.29, 0.717) is 6.54 Å². The number of hydrogen-bond donors (Lipinski definition) is 2. The van der Waals surface area contributed by atoms with Gasteiger partial charge in [-0.15, -0.1) is 11.3 Å². The molecule has 1 saturated carbocycles. The number of amides is 1. The van der Waals surface area contributed by atoms with Gasteiger partial charge < -0.3 is 10.4 Å². The smallest absolute Gasteiger partial charge is 0.307 e. The summed E-state index contributed by atoms with van der Waals surface area (Å²) in [6, 6.07) is 9.89. The monoisotopic (exact) mass is 354 g/mol. The second kappa shape index (κ2) is 6.44. The van der Waals surface area contributed by atoms with Crippen molar-refractivity contribution in [2.45, 2.75) is 13.0 Å². The van der Waals surface area contributed by atoms with Gasteiger partial charge in [0.2, 0.25) is 5.91 Å². The van der Waals surface area contributed by atoms with Gasteiger partial charge in [-0.3, -0.25) is 9.59 Å². The van der Waals surface area contributed by atoms with Crippen LogP contribution in [0.5, 0.6) is 0 Å². The SMILES string of the molecule is O=C(O)[C@@H]1[C@H](C(=O)NCc2csc(-c3ccccc3)n2)[C@H]2C=C[C@H]1C2. The second-order valence-corrected chi connectivity index (χ2v) is 7.42. The van der Waals surface area contributed by atoms with Gasteiger partial charge in [0.15, 0.2) is 0 Å². The Morgan fingerprint density at radius 2 is 1.88 bits per heavy atom. The zero-order valence-corrected chi connectivity index (χ0v) is 14.3. The van der Waals surface area contributed by atoms with Crippen LogP contribution in [-0.4, -0.2) is 22.0 Å². The maximum Gasteiger partial charge on any atom is 0.307 e. The normalized spacial score (nSPS) is 26.7. The number of nitrogens with zero attached hydrogens (tertiary/aromatic N) is 1. The molecule has 2 bridgehead atoms. The highest BCUT2D eigenvalue weighted by Gasteiger charge is 2.51. The fourth-order valence-electron chi connectivity index (χ4n) is 3.91. The summed E-state index contributed by atoms with van der Waals surface area (Å²) in [7, 11) is 0. The molecule has 1 aromatic heterocycles. The van der Waals surface area contributed by atoms with E-state index in [1.807, 2.05) is 47.9 Å². The van der Waals surface area contributed by atoms with Crippen molar-refractivity contribution in [1.29, 1.82) is 0 Å². The van der Waals surface area contributed by atoms with Crippen LogP contribution in [0.2, 0.25) is 0 Å². The third kappa shape index (κ3) is 2.98. The molecule has 128 valence electrons. The Hall–Kier alpha value is -2.47. The molecule has 25 heavy (non-hydrogen) atoms. The maximum atomic E-state index is 12.6. The van der Waals surface area contributed by atoms with Gasteiger partial charge in [-0.2, -0.15) is 0 Å². The number of hydrogen-bond acceptors (Lipinski definition) is 4. The van der Waals surface area contributed by atoms with Crippen LogP contribution in [-0.2, 0) is 16.1 Å². The van der Waals surface area contributed by atoms with Crippen LogP contribution in [0, 0.1) is 23.7 Å². The van der Waals surface area contributed by atoms with Gasteiger partial charge >= 0.3 is 5.97 Å². The molecule has 0 unspecified atom stereocenters. The van der Waals surface area contributed by atoms with Crippen LogP contribution in [0.3, 0.4) is 0 Å². The number of carboxylic acids is 1. The van der Waals surface area contributed by atoms with E-state index in [9.17, 15) is 14.7 Å². The Morgan fingerprint density at radius 3 is 2.60 bits per heavy atom. The standard InChI is InChI=1S/C19H18N2O3S/c22-17(15-12-6-7-13(8-12)16(15)19(23)24)20-9-14-10-25-18(21-14)11-4-2-1-3-5-11/h1-7,10,12-13,15-16H,8-9H2,(H,20,22)(H,23,24)/t12-,13-,15+,16-/m0/s1. The first-order valence-corrected chi connectivity index (χ1v) is 9.20. The number of carboxylic acid groups (broad SMARTS) is 1. The molecule has 2 N–H and O–H groups in total. The Morgan fingerprint density at radius 1 is 1.16 bits per heavy atom. The third-order valence-corrected chi connectivity index (χ3v) is 6.00. The summed E-state index contributed by atoms with van der Waals surface area (Å²) < 4.78 is 0. The maximum absolute atomic E-state index is 12.6. The van der Waals surface area contributed by atoms with Crippen LogP contribution in [0.15, 0.2) is 47.9 Å². The lowest BCUT2D eigenvalue weighted by Gasteiger charge is -2.23. The number of allylic oxidation sites excluding steroid dienone is 2. The lowest BCUT2D eigenvalue weighted by molar-refractivity contribution is -0.147. The molecule has 1 heterocycles. The largest absolute Gasteiger partial charge is 0.481 e. The molecule has 4 rings (SSSR count). The van der Waals surface area contributed by atoms with E-state index < -0.39 is 17.8 Å². The zero-order valence-electron chi connectivity index (χ0n) is 13.5. The van der Waals surface area contributed by atoms with E-state index in [0.717, 1.165) is 22.7 Å². The number of nitrogens with one attached hydrogen (secondary N) is 1. The molecule has 2 aliphatic rings. The van der Waals surface area contributed by atoms with Crippen molar-refractivity contribution < 1.29 is 14.7 Å². The number of carbonyl (C=O) groups excluding carboxylic acids is 1. The van der Waals surface area contributed by atoms with Crippen LogP contribution in [0.25, 0.3) is 10.6 Å². The van der Waals surface area contributed by atoms with E-state index in [4.69, 9.17) is 0 Å². The average molecular weight is 354 g/mol. The Kier molecular flexibility index (Phi) is 4.13. The van der Waals surface area contributed by atoms with Crippen LogP contribution in [0.4, 0.5) is 0 Å². The van der Waals surface area contributed by atoms with E-state index in [1.165, 1.54) is 11.3 Å². The molecule has 1 amide bonds. The Bertz CT molecular complexity index is 830. The lowest BCUT2D eigenvalue weighted by atomic mass is 9.82. The number of fused-ring (bicyclic) bond motifs is 2. The van der Waals surface area contributed by atoms with E-state index in [1.54, 1.807) is 0 Å². The molecule has 0 spiro atoms. The molecule has 0 aliphatic heterocycles. The number of thiazole rings is 1. The third-order valence-electron chi connectivity index (χ3n) is 5.06. The van der Waals surface area contributed by atoms with E-state index >= 15 is 0 Å². The topological polar surface area (TPSA) is 79.3 Å². The fraction of sp³-hybridized carbons (Fsp3) is 0.316. The predicted octanol–water partition coefficient (Wildman–Crippen LogP) is 2.95. The minimum absolute atomic E-state index is 0.0118. The molecule has 5 nitrogen and oxygen atoms in total. The molecule has 2 aromatic rings. The van der Waals surface area contributed by atoms with Crippen LogP contribution in [0.1, 0.15) is 12.1 Å². The second-order valence-electron chi connectivity index (χ2n) is 6.57. The summed E-state index contributed by atoms with van der Waals surface area (Å²) in [6.45, 7) is 0.326. The zero-order chi connectivity index (χ0) is 17.4. The summed E-state index contributed by atoms with van der Waals surface area (Å²) in [5.74, 6) is -2.11. The first kappa shape index (κ1) is 16.0. The minimum Gasteiger partial charge on any atom is -0.481 e. The first-order valence-electron chi connectivity index (χ1n) is 8.32. The number of aromatic nitrogens is 1. The molecule has 2 aliphatic carbocycles. The lowest BCUT2D eigenvalue weighted by Crippen LogP contribution is -2.39. The summed E-state index contributed by atoms with van der Waals surface area (Å²) in [5.41, 5.74) is 1.84. The molecular formula is C19H18N2O3S. The highest BCUT2D eigenvalue weighted by molar-refractivity contribution is 7.13. The van der Waals surface area contributed by atoms with Gasteiger partial charge in [0.05, 0.1) is 24.1 Å². The van der Waals surface area contributed by atoms with Gasteiger partial charge in [0.1, 0.15) is 5.01 Å². The molecule has 1 fully saturated rings. The molecule has 6 heteroatoms. The minimum atomic E-state index is -0.878. The van der Waals surface area contributed by atoms with Crippen molar-refractivity contribution in [3.8, 4) is 10.6 Å². The molecule has 0 radical (unpaired) electrons. The van der Waals surface area contributed by atoms with Crippen LogP contribution < -0.4 is 5.32 Å². The number of aliphatic carboxylic acids is 1. The number of benzene rings is 1. The molecule has 0 saturated heterocycles. The number of carbonyl (C=O) groups is 2. The van der Waals surface area contributed by atoms with Crippen molar-refractivity contribution in [1.82, 2.24) is 10.3 Å². The van der Waals surface area contributed by atoms with E-state index in [2.05, 4.69) is 10.3 Å². The van der Waals surface area contributed by atoms with Crippen molar-refractivity contribution in [2.24, 2.45) is 23.7 Å². The molecular weight excluding hydrogens is 336 g/mol. The molecule has 4 atom stereocenters. The van der Waals surface area contributed by atoms with Crippen molar-refractivity contribution in [3.05, 3.63) is 53.6 Å². The summed E-state index contributed by atoms with van der Waals surface area (Å²) in [4.78, 5) is 28.6. The quantitative estimate of drug-likeness (QED) is 0.809. The van der Waals surface area contributed by atoms with Crippen molar-refractivity contribution in [3.63, 3.8) is 0 Å². The van der Waals surface area contributed by atoms with Crippen molar-refractivity contribution >= 4 is 23.2 Å². The highest BCUT2D eigenvalue weighted by Crippen LogP contribution is 2.48. The fourth-order valence-corrected chi connectivity index (χ4v) is 4.74. The van der Waals surface area contributed by atoms with Gasteiger partial charge in [-0.1, -0.05) is 42.5 Å². The summed E-state index contributed by atoms with van der Waals surface area (Å²) >= 11 is 1.54. The van der Waals surface area contributed by atoms with Crippen LogP contribution >= 0.6 is 11.3 Å². The Labute approximate surface area is 149 Å². The summed E-state index contributed by atoms with van der Waals surface area (Å²) in [6.07, 6.45) is 4.70. The number of rotatable bonds is 5. The average Bonchev–Trinajstić information content (AvgIpc) is 3.35. The summed E-state index contributed by atoms with van der Waals surface area (Å²) in [5, 5.41) is 15.2. The van der Waals surface area contributed by atoms with Crippen molar-refractivity contribution in [2.75, 3.05) is 0 Å². The van der Waals surface area contributed by atoms with Gasteiger partial charge in [0.25, 0.3) is 0 Å². The van der Waals surface area contributed by atoms with Gasteiger partial charge in [-0.25, -0.2) is 4.98 Å². The first-order chi connectivity index (χ1) is 12.1. The predicted molar refractivity (Wildman–Crippen MR) is 94.7 cm³/mol. The Balaban J connectivity index is 1.42. The van der Waals surface area contributed by atoms with Gasteiger partial charge in [-0.05, 0) is 18.3 Å². The molecule has 1 aromatic carbocycles. The van der Waals surface area contributed by atoms with Gasteiger partial charge in [0, 0.05) is 10.9 Å².